The molecule has 1 aromatic heterocycles. The van der Waals surface area contributed by atoms with Gasteiger partial charge in [0.15, 0.2) is 0 Å². The maximum atomic E-state index is 12.7. The Morgan fingerprint density at radius 1 is 1.09 bits per heavy atom. The number of rotatable bonds is 3. The van der Waals surface area contributed by atoms with E-state index in [2.05, 4.69) is 17.1 Å². The van der Waals surface area contributed by atoms with E-state index in [0.29, 0.717) is 5.92 Å². The monoisotopic (exact) mass is 294 g/mol. The Kier molecular flexibility index (Phi) is 4.52. The van der Waals surface area contributed by atoms with Gasteiger partial charge in [0, 0.05) is 25.5 Å². The predicted octanol–water partition coefficient (Wildman–Crippen LogP) is 3.59. The zero-order valence-electron chi connectivity index (χ0n) is 13.0. The summed E-state index contributed by atoms with van der Waals surface area (Å²) in [6.07, 6.45) is 5.78. The predicted molar refractivity (Wildman–Crippen MR) is 87.6 cm³/mol. The number of likely N-dealkylation sites (tertiary alicyclic amines) is 1. The smallest absolute Gasteiger partial charge is 0.229 e. The molecule has 0 saturated carbocycles. The van der Waals surface area contributed by atoms with Gasteiger partial charge in [0.05, 0.1) is 5.92 Å². The van der Waals surface area contributed by atoms with Crippen molar-refractivity contribution in [1.29, 1.82) is 0 Å². The van der Waals surface area contributed by atoms with E-state index in [-0.39, 0.29) is 11.8 Å². The lowest BCUT2D eigenvalue weighted by molar-refractivity contribution is -0.133. The number of benzene rings is 1. The van der Waals surface area contributed by atoms with E-state index >= 15 is 0 Å². The molecule has 114 valence electrons. The minimum atomic E-state index is -0.0568. The minimum absolute atomic E-state index is 0.0568. The van der Waals surface area contributed by atoms with Gasteiger partial charge in [-0.25, -0.2) is 0 Å². The summed E-state index contributed by atoms with van der Waals surface area (Å²) in [5, 5.41) is 0. The van der Waals surface area contributed by atoms with E-state index in [0.717, 1.165) is 31.5 Å². The first-order valence-corrected chi connectivity index (χ1v) is 7.99. The average Bonchev–Trinajstić information content (AvgIpc) is 2.62. The fourth-order valence-electron chi connectivity index (χ4n) is 3.23. The summed E-state index contributed by atoms with van der Waals surface area (Å²) in [7, 11) is 0. The molecule has 2 heterocycles. The van der Waals surface area contributed by atoms with Crippen LogP contribution in [0.3, 0.4) is 0 Å². The molecular formula is C19H22N2O. The van der Waals surface area contributed by atoms with Crippen LogP contribution < -0.4 is 0 Å². The number of carbonyl (C=O) groups excluding carboxylic acids is 1. The van der Waals surface area contributed by atoms with E-state index in [4.69, 9.17) is 0 Å². The lowest BCUT2D eigenvalue weighted by atomic mass is 9.89. The Bertz CT molecular complexity index is 604. The van der Waals surface area contributed by atoms with Crippen LogP contribution in [0.2, 0.25) is 0 Å². The Labute approximate surface area is 132 Å². The number of nitrogens with zero attached hydrogens (tertiary/aromatic N) is 2. The summed E-state index contributed by atoms with van der Waals surface area (Å²) < 4.78 is 0. The highest BCUT2D eigenvalue weighted by molar-refractivity contribution is 5.83. The number of piperidine rings is 1. The zero-order valence-corrected chi connectivity index (χ0v) is 13.0. The summed E-state index contributed by atoms with van der Waals surface area (Å²) in [6.45, 7) is 3.71. The molecule has 0 N–H and O–H groups in total. The zero-order chi connectivity index (χ0) is 15.4. The molecule has 1 aliphatic heterocycles. The molecule has 1 amide bonds. The summed E-state index contributed by atoms with van der Waals surface area (Å²) in [6, 6.07) is 14.2. The van der Waals surface area contributed by atoms with Gasteiger partial charge in [-0.3, -0.25) is 9.78 Å². The standard InChI is InChI=1S/C19H22N2O/c1-15(16-5-3-2-4-6-16)19(22)21-13-9-18(10-14-21)17-7-11-20-12-8-17/h2-8,11-12,15,18H,9-10,13-14H2,1H3/t15-/m1/s1. The molecular weight excluding hydrogens is 272 g/mol. The fourth-order valence-corrected chi connectivity index (χ4v) is 3.23. The van der Waals surface area contributed by atoms with Crippen molar-refractivity contribution < 1.29 is 4.79 Å². The van der Waals surface area contributed by atoms with E-state index < -0.39 is 0 Å². The largest absolute Gasteiger partial charge is 0.342 e. The molecule has 2 aromatic rings. The number of amides is 1. The highest BCUT2D eigenvalue weighted by Crippen LogP contribution is 2.29. The van der Waals surface area contributed by atoms with Gasteiger partial charge < -0.3 is 4.90 Å². The van der Waals surface area contributed by atoms with Crippen LogP contribution in [0.5, 0.6) is 0 Å². The molecule has 22 heavy (non-hydrogen) atoms. The van der Waals surface area contributed by atoms with Gasteiger partial charge in [-0.05, 0) is 48.9 Å². The van der Waals surface area contributed by atoms with Gasteiger partial charge in [0.2, 0.25) is 5.91 Å². The van der Waals surface area contributed by atoms with Gasteiger partial charge in [0.1, 0.15) is 0 Å². The van der Waals surface area contributed by atoms with Crippen molar-refractivity contribution in [1.82, 2.24) is 9.88 Å². The maximum absolute atomic E-state index is 12.7. The number of carbonyl (C=O) groups is 1. The molecule has 3 heteroatoms. The topological polar surface area (TPSA) is 33.2 Å². The van der Waals surface area contributed by atoms with Crippen molar-refractivity contribution in [3.05, 3.63) is 66.0 Å². The SMILES string of the molecule is C[C@@H](C(=O)N1CCC(c2ccncc2)CC1)c1ccccc1. The molecule has 0 radical (unpaired) electrons. The summed E-state index contributed by atoms with van der Waals surface area (Å²) in [4.78, 5) is 18.8. The molecule has 3 nitrogen and oxygen atoms in total. The lowest BCUT2D eigenvalue weighted by Gasteiger charge is -2.34. The van der Waals surface area contributed by atoms with Crippen molar-refractivity contribution in [3.63, 3.8) is 0 Å². The summed E-state index contributed by atoms with van der Waals surface area (Å²) in [5.41, 5.74) is 2.45. The molecule has 0 unspecified atom stereocenters. The van der Waals surface area contributed by atoms with Crippen LogP contribution in [-0.4, -0.2) is 28.9 Å². The molecule has 1 aromatic carbocycles. The van der Waals surface area contributed by atoms with Gasteiger partial charge in [-0.1, -0.05) is 30.3 Å². The van der Waals surface area contributed by atoms with Crippen molar-refractivity contribution in [2.45, 2.75) is 31.6 Å². The van der Waals surface area contributed by atoms with Crippen molar-refractivity contribution >= 4 is 5.91 Å². The summed E-state index contributed by atoms with van der Waals surface area (Å²) in [5.74, 6) is 0.747. The highest BCUT2D eigenvalue weighted by atomic mass is 16.2. The third-order valence-electron chi connectivity index (χ3n) is 4.65. The first kappa shape index (κ1) is 14.8. The molecule has 0 spiro atoms. The number of hydrogen-bond donors (Lipinski definition) is 0. The Hall–Kier alpha value is -2.16. The molecule has 1 aliphatic rings. The maximum Gasteiger partial charge on any atom is 0.229 e. The van der Waals surface area contributed by atoms with Crippen LogP contribution in [0.15, 0.2) is 54.9 Å². The normalized spacial score (nSPS) is 17.2. The van der Waals surface area contributed by atoms with Crippen LogP contribution >= 0.6 is 0 Å². The third kappa shape index (κ3) is 3.19. The quantitative estimate of drug-likeness (QED) is 0.866. The molecule has 0 aliphatic carbocycles. The van der Waals surface area contributed by atoms with Gasteiger partial charge in [0.25, 0.3) is 0 Å². The van der Waals surface area contributed by atoms with Crippen molar-refractivity contribution in [2.24, 2.45) is 0 Å². The lowest BCUT2D eigenvalue weighted by Crippen LogP contribution is -2.40. The summed E-state index contributed by atoms with van der Waals surface area (Å²) >= 11 is 0. The van der Waals surface area contributed by atoms with Crippen molar-refractivity contribution in [3.8, 4) is 0 Å². The van der Waals surface area contributed by atoms with E-state index in [1.807, 2.05) is 54.5 Å². The number of pyridine rings is 1. The van der Waals surface area contributed by atoms with Crippen LogP contribution in [0.25, 0.3) is 0 Å². The second-order valence-corrected chi connectivity index (χ2v) is 6.01. The third-order valence-corrected chi connectivity index (χ3v) is 4.65. The fraction of sp³-hybridized carbons (Fsp3) is 0.368. The molecule has 3 rings (SSSR count). The van der Waals surface area contributed by atoms with Crippen LogP contribution in [0, 0.1) is 0 Å². The molecule has 1 fully saturated rings. The average molecular weight is 294 g/mol. The Morgan fingerprint density at radius 3 is 2.36 bits per heavy atom. The second kappa shape index (κ2) is 6.73. The number of aromatic nitrogens is 1. The Balaban J connectivity index is 1.60. The molecule has 0 bridgehead atoms. The number of hydrogen-bond acceptors (Lipinski definition) is 2. The second-order valence-electron chi connectivity index (χ2n) is 6.01. The van der Waals surface area contributed by atoms with E-state index in [1.165, 1.54) is 5.56 Å². The highest BCUT2D eigenvalue weighted by Gasteiger charge is 2.27. The molecule has 1 saturated heterocycles. The van der Waals surface area contributed by atoms with Gasteiger partial charge in [-0.15, -0.1) is 0 Å². The first-order valence-electron chi connectivity index (χ1n) is 7.99. The van der Waals surface area contributed by atoms with Crippen LogP contribution in [-0.2, 0) is 4.79 Å². The molecule has 1 atom stereocenters. The Morgan fingerprint density at radius 2 is 1.73 bits per heavy atom. The van der Waals surface area contributed by atoms with Crippen LogP contribution in [0.1, 0.15) is 42.7 Å². The van der Waals surface area contributed by atoms with Crippen molar-refractivity contribution in [2.75, 3.05) is 13.1 Å². The van der Waals surface area contributed by atoms with E-state index in [1.54, 1.807) is 0 Å². The van der Waals surface area contributed by atoms with Gasteiger partial charge >= 0.3 is 0 Å². The minimum Gasteiger partial charge on any atom is -0.342 e. The van der Waals surface area contributed by atoms with E-state index in [9.17, 15) is 4.79 Å². The van der Waals surface area contributed by atoms with Gasteiger partial charge in [-0.2, -0.15) is 0 Å². The van der Waals surface area contributed by atoms with Crippen LogP contribution in [0.4, 0.5) is 0 Å². The first-order chi connectivity index (χ1) is 10.8.